The van der Waals surface area contributed by atoms with E-state index in [4.69, 9.17) is 5.73 Å². The second-order valence-corrected chi connectivity index (χ2v) is 2.00. The first kappa shape index (κ1) is 8.37. The van der Waals surface area contributed by atoms with Crippen LogP contribution in [0.15, 0.2) is 12.7 Å². The Balaban J connectivity index is 3.58. The predicted molar refractivity (Wildman–Crippen MR) is 38.1 cm³/mol. The maximum atomic E-state index is 10.7. The van der Waals surface area contributed by atoms with Crippen LogP contribution in [0, 0.1) is 0 Å². The summed E-state index contributed by atoms with van der Waals surface area (Å²) < 4.78 is 0. The van der Waals surface area contributed by atoms with Gasteiger partial charge in [0.1, 0.15) is 0 Å². The van der Waals surface area contributed by atoms with Gasteiger partial charge in [0.25, 0.3) is 0 Å². The van der Waals surface area contributed by atoms with Crippen molar-refractivity contribution in [2.24, 2.45) is 5.73 Å². The Labute approximate surface area is 55.7 Å². The third-order valence-electron chi connectivity index (χ3n) is 1.17. The van der Waals surface area contributed by atoms with Crippen molar-refractivity contribution >= 4 is 5.78 Å². The van der Waals surface area contributed by atoms with Crippen molar-refractivity contribution in [3.8, 4) is 0 Å². The number of rotatable bonds is 4. The van der Waals surface area contributed by atoms with Crippen LogP contribution in [-0.2, 0) is 4.79 Å². The van der Waals surface area contributed by atoms with E-state index in [0.717, 1.165) is 12.8 Å². The molecule has 0 spiro atoms. The first-order valence-electron chi connectivity index (χ1n) is 3.14. The van der Waals surface area contributed by atoms with Crippen molar-refractivity contribution in [2.45, 2.75) is 25.8 Å². The molecule has 0 aliphatic rings. The highest BCUT2D eigenvalue weighted by Gasteiger charge is 2.06. The minimum absolute atomic E-state index is 0.0585. The Morgan fingerprint density at radius 3 is 2.78 bits per heavy atom. The summed E-state index contributed by atoms with van der Waals surface area (Å²) in [4.78, 5) is 10.7. The zero-order valence-corrected chi connectivity index (χ0v) is 5.76. The van der Waals surface area contributed by atoms with Crippen LogP contribution in [0.3, 0.4) is 0 Å². The van der Waals surface area contributed by atoms with Crippen LogP contribution in [-0.4, -0.2) is 11.8 Å². The molecule has 0 heterocycles. The summed E-state index contributed by atoms with van der Waals surface area (Å²) in [6.45, 7) is 5.33. The third kappa shape index (κ3) is 3.03. The summed E-state index contributed by atoms with van der Waals surface area (Å²) in [5.74, 6) is -0.0585. The lowest BCUT2D eigenvalue weighted by Crippen LogP contribution is -2.28. The molecule has 0 aromatic rings. The van der Waals surface area contributed by atoms with E-state index in [-0.39, 0.29) is 11.8 Å². The largest absolute Gasteiger partial charge is 0.321 e. The summed E-state index contributed by atoms with van der Waals surface area (Å²) in [5, 5.41) is 0. The van der Waals surface area contributed by atoms with E-state index in [0.29, 0.717) is 0 Å². The minimum atomic E-state index is -0.326. The van der Waals surface area contributed by atoms with Crippen molar-refractivity contribution in [3.05, 3.63) is 12.7 Å². The van der Waals surface area contributed by atoms with Crippen LogP contribution in [0.4, 0.5) is 0 Å². The van der Waals surface area contributed by atoms with E-state index < -0.39 is 0 Å². The van der Waals surface area contributed by atoms with Gasteiger partial charge in [-0.15, -0.1) is 0 Å². The van der Waals surface area contributed by atoms with E-state index in [1.54, 1.807) is 0 Å². The zero-order chi connectivity index (χ0) is 7.28. The maximum Gasteiger partial charge on any atom is 0.171 e. The second-order valence-electron chi connectivity index (χ2n) is 2.00. The molecule has 0 saturated carbocycles. The smallest absolute Gasteiger partial charge is 0.171 e. The van der Waals surface area contributed by atoms with Crippen LogP contribution in [0.5, 0.6) is 0 Å². The molecule has 0 rings (SSSR count). The Hall–Kier alpha value is -0.630. The van der Waals surface area contributed by atoms with E-state index in [2.05, 4.69) is 6.58 Å². The van der Waals surface area contributed by atoms with Gasteiger partial charge in [0.05, 0.1) is 6.04 Å². The molecule has 2 N–H and O–H groups in total. The molecular weight excluding hydrogens is 114 g/mol. The minimum Gasteiger partial charge on any atom is -0.321 e. The van der Waals surface area contributed by atoms with Gasteiger partial charge < -0.3 is 5.73 Å². The van der Waals surface area contributed by atoms with Gasteiger partial charge in [-0.25, -0.2) is 0 Å². The van der Waals surface area contributed by atoms with Crippen LogP contribution >= 0.6 is 0 Å². The third-order valence-corrected chi connectivity index (χ3v) is 1.17. The van der Waals surface area contributed by atoms with E-state index in [9.17, 15) is 4.79 Å². The van der Waals surface area contributed by atoms with Crippen LogP contribution in [0.25, 0.3) is 0 Å². The lowest BCUT2D eigenvalue weighted by molar-refractivity contribution is -0.115. The average Bonchev–Trinajstić information content (AvgIpc) is 1.87. The molecule has 0 amide bonds. The fourth-order valence-electron chi connectivity index (χ4n) is 0.605. The second kappa shape index (κ2) is 4.27. The Morgan fingerprint density at radius 1 is 1.89 bits per heavy atom. The van der Waals surface area contributed by atoms with Crippen LogP contribution < -0.4 is 5.73 Å². The molecule has 52 valence electrons. The lowest BCUT2D eigenvalue weighted by atomic mass is 10.1. The maximum absolute atomic E-state index is 10.7. The molecular formula is C7H13NO. The Morgan fingerprint density at radius 2 is 2.44 bits per heavy atom. The van der Waals surface area contributed by atoms with Gasteiger partial charge in [0.2, 0.25) is 0 Å². The van der Waals surface area contributed by atoms with Crippen LogP contribution in [0.1, 0.15) is 19.8 Å². The number of ketones is 1. The SMILES string of the molecule is C=CC(=O)C(N)CCC. The predicted octanol–water partition coefficient (Wildman–Crippen LogP) is 0.869. The van der Waals surface area contributed by atoms with Crippen molar-refractivity contribution in [2.75, 3.05) is 0 Å². The summed E-state index contributed by atoms with van der Waals surface area (Å²) in [6, 6.07) is -0.326. The Kier molecular flexibility index (Phi) is 3.97. The first-order valence-corrected chi connectivity index (χ1v) is 3.14. The molecule has 1 atom stereocenters. The van der Waals surface area contributed by atoms with Crippen LogP contribution in [0.2, 0.25) is 0 Å². The topological polar surface area (TPSA) is 43.1 Å². The average molecular weight is 127 g/mol. The van der Waals surface area contributed by atoms with Crippen molar-refractivity contribution in [3.63, 3.8) is 0 Å². The monoisotopic (exact) mass is 127 g/mol. The van der Waals surface area contributed by atoms with Gasteiger partial charge >= 0.3 is 0 Å². The van der Waals surface area contributed by atoms with Gasteiger partial charge in [0, 0.05) is 0 Å². The highest BCUT2D eigenvalue weighted by molar-refractivity contribution is 5.93. The molecule has 0 bridgehead atoms. The van der Waals surface area contributed by atoms with Gasteiger partial charge in [-0.05, 0) is 12.5 Å². The van der Waals surface area contributed by atoms with Gasteiger partial charge in [-0.2, -0.15) is 0 Å². The fourth-order valence-corrected chi connectivity index (χ4v) is 0.605. The van der Waals surface area contributed by atoms with Crippen molar-refractivity contribution in [1.29, 1.82) is 0 Å². The number of hydrogen-bond donors (Lipinski definition) is 1. The standard InChI is InChI=1S/C7H13NO/c1-3-5-6(8)7(9)4-2/h4,6H,2-3,5,8H2,1H3. The first-order chi connectivity index (χ1) is 4.22. The summed E-state index contributed by atoms with van der Waals surface area (Å²) in [5.41, 5.74) is 5.42. The summed E-state index contributed by atoms with van der Waals surface area (Å²) in [7, 11) is 0. The van der Waals surface area contributed by atoms with Gasteiger partial charge in [0.15, 0.2) is 5.78 Å². The van der Waals surface area contributed by atoms with Crippen molar-refractivity contribution < 1.29 is 4.79 Å². The molecule has 0 saturated heterocycles. The fraction of sp³-hybridized carbons (Fsp3) is 0.571. The molecule has 1 unspecified atom stereocenters. The highest BCUT2D eigenvalue weighted by atomic mass is 16.1. The molecule has 0 aromatic heterocycles. The summed E-state index contributed by atoms with van der Waals surface area (Å²) >= 11 is 0. The zero-order valence-electron chi connectivity index (χ0n) is 5.76. The molecule has 2 nitrogen and oxygen atoms in total. The molecule has 0 aliphatic carbocycles. The number of carbonyl (C=O) groups is 1. The lowest BCUT2D eigenvalue weighted by Gasteiger charge is -2.03. The van der Waals surface area contributed by atoms with E-state index >= 15 is 0 Å². The van der Waals surface area contributed by atoms with Crippen molar-refractivity contribution in [1.82, 2.24) is 0 Å². The number of carbonyl (C=O) groups excluding carboxylic acids is 1. The molecule has 2 heteroatoms. The van der Waals surface area contributed by atoms with Gasteiger partial charge in [-0.1, -0.05) is 19.9 Å². The van der Waals surface area contributed by atoms with E-state index in [1.165, 1.54) is 6.08 Å². The number of nitrogens with two attached hydrogens (primary N) is 1. The molecule has 0 fully saturated rings. The normalized spacial score (nSPS) is 12.7. The van der Waals surface area contributed by atoms with E-state index in [1.807, 2.05) is 6.92 Å². The van der Waals surface area contributed by atoms with Gasteiger partial charge in [-0.3, -0.25) is 4.79 Å². The highest BCUT2D eigenvalue weighted by Crippen LogP contribution is 1.94. The molecule has 9 heavy (non-hydrogen) atoms. The summed E-state index contributed by atoms with van der Waals surface area (Å²) in [6.07, 6.45) is 2.98. The molecule has 0 radical (unpaired) electrons. The number of hydrogen-bond acceptors (Lipinski definition) is 2. The molecule has 0 aliphatic heterocycles. The molecule has 0 aromatic carbocycles. The quantitative estimate of drug-likeness (QED) is 0.569. The Bertz CT molecular complexity index is 109.